The third kappa shape index (κ3) is 6.03. The Morgan fingerprint density at radius 3 is 2.59 bits per heavy atom. The van der Waals surface area contributed by atoms with Gasteiger partial charge in [0.1, 0.15) is 29.7 Å². The van der Waals surface area contributed by atoms with E-state index in [9.17, 15) is 26.4 Å². The highest BCUT2D eigenvalue weighted by molar-refractivity contribution is 7.89. The molecule has 2 aliphatic rings. The first-order valence-corrected chi connectivity index (χ1v) is 13.1. The molecule has 0 radical (unpaired) electrons. The van der Waals surface area contributed by atoms with Gasteiger partial charge in [-0.2, -0.15) is 0 Å². The van der Waals surface area contributed by atoms with Crippen molar-refractivity contribution in [2.75, 3.05) is 19.3 Å². The summed E-state index contributed by atoms with van der Waals surface area (Å²) < 4.78 is 73.3. The molecule has 0 spiro atoms. The minimum absolute atomic E-state index is 0.0242. The molecule has 0 bridgehead atoms. The largest absolute Gasteiger partial charge is 0.486 e. The Kier molecular flexibility index (Phi) is 7.12. The Bertz CT molecular complexity index is 1210. The smallest absolute Gasteiger partial charge is 0.267 e. The molecule has 4 rings (SSSR count). The lowest BCUT2D eigenvalue weighted by molar-refractivity contribution is 0.0160. The fourth-order valence-corrected chi connectivity index (χ4v) is 4.72. The Hall–Kier alpha value is -2.30. The van der Waals surface area contributed by atoms with Crippen molar-refractivity contribution in [3.8, 4) is 5.75 Å². The van der Waals surface area contributed by atoms with Crippen molar-refractivity contribution >= 4 is 27.5 Å². The van der Waals surface area contributed by atoms with Crippen molar-refractivity contribution < 1.29 is 31.1 Å². The van der Waals surface area contributed by atoms with Crippen molar-refractivity contribution in [2.45, 2.75) is 44.0 Å². The number of carbonyl (C=O) groups excluding carboxylic acids is 1. The van der Waals surface area contributed by atoms with E-state index in [2.05, 4.69) is 0 Å². The summed E-state index contributed by atoms with van der Waals surface area (Å²) in [5.41, 5.74) is 0.837. The van der Waals surface area contributed by atoms with E-state index < -0.39 is 45.4 Å². The topological polar surface area (TPSA) is 75.7 Å². The van der Waals surface area contributed by atoms with Crippen LogP contribution in [-0.4, -0.2) is 50.8 Å². The number of likely N-dealkylation sites (tertiary alicyclic amines) is 1. The van der Waals surface area contributed by atoms with Gasteiger partial charge < -0.3 is 4.74 Å². The van der Waals surface area contributed by atoms with Gasteiger partial charge in [0.2, 0.25) is 10.0 Å². The van der Waals surface area contributed by atoms with Gasteiger partial charge >= 0.3 is 0 Å². The zero-order valence-electron chi connectivity index (χ0n) is 18.4. The van der Waals surface area contributed by atoms with Crippen molar-refractivity contribution in [2.24, 2.45) is 0 Å². The molecule has 6 nitrogen and oxygen atoms in total. The number of piperidine rings is 1. The summed E-state index contributed by atoms with van der Waals surface area (Å²) in [6.45, 7) is 1.03. The van der Waals surface area contributed by atoms with Crippen LogP contribution in [0, 0.1) is 11.6 Å². The molecule has 0 unspecified atom stereocenters. The predicted octanol–water partition coefficient (Wildman–Crippen LogP) is 4.18. The molecule has 11 heteroatoms. The third-order valence-corrected chi connectivity index (χ3v) is 6.80. The zero-order valence-corrected chi connectivity index (χ0v) is 19.9. The number of halogens is 4. The molecule has 1 N–H and O–H groups in total. The maximum absolute atomic E-state index is 14.8. The molecular formula is C23H24ClF3N2O4S. The van der Waals surface area contributed by atoms with E-state index in [4.69, 9.17) is 16.3 Å². The second kappa shape index (κ2) is 9.75. The molecule has 1 aliphatic heterocycles. The van der Waals surface area contributed by atoms with E-state index in [0.29, 0.717) is 24.2 Å². The number of hydrogen-bond acceptors (Lipinski definition) is 5. The molecule has 0 aromatic heterocycles. The van der Waals surface area contributed by atoms with Crippen LogP contribution in [0.15, 0.2) is 30.3 Å². The first-order valence-electron chi connectivity index (χ1n) is 10.8. The van der Waals surface area contributed by atoms with Crippen molar-refractivity contribution in [3.05, 3.63) is 63.7 Å². The van der Waals surface area contributed by atoms with Gasteiger partial charge in [-0.05, 0) is 54.5 Å². The molecule has 34 heavy (non-hydrogen) atoms. The highest BCUT2D eigenvalue weighted by Crippen LogP contribution is 2.45. The SMILES string of the molecule is CS(=O)(=O)NC(=O)c1cc(C2CC2)c(O[C@H]2CN(Cc3ccc(F)cc3Cl)CC[C@@H]2F)cc1F. The molecule has 2 aromatic carbocycles. The van der Waals surface area contributed by atoms with E-state index in [1.54, 1.807) is 10.8 Å². The molecule has 1 amide bonds. The van der Waals surface area contributed by atoms with Crippen LogP contribution >= 0.6 is 11.6 Å². The normalized spacial score (nSPS) is 21.3. The standard InChI is InChI=1S/C23H24ClF3N2O4S/c1-34(31,32)28-23(30)17-9-16(13-2-3-13)21(10-20(17)27)33-22-12-29(7-6-19(22)26)11-14-4-5-15(25)8-18(14)24/h4-5,8-10,13,19,22H,2-3,6-7,11-12H2,1H3,(H,28,30)/t19-,22-/m0/s1. The molecule has 1 saturated heterocycles. The molecule has 184 valence electrons. The second-order valence-electron chi connectivity index (χ2n) is 8.78. The van der Waals surface area contributed by atoms with Crippen LogP contribution in [0.2, 0.25) is 5.02 Å². The van der Waals surface area contributed by atoms with Crippen LogP contribution in [0.4, 0.5) is 13.2 Å². The predicted molar refractivity (Wildman–Crippen MR) is 121 cm³/mol. The number of rotatable bonds is 7. The number of alkyl halides is 1. The molecule has 1 saturated carbocycles. The van der Waals surface area contributed by atoms with Gasteiger partial charge in [0.05, 0.1) is 11.8 Å². The van der Waals surface area contributed by atoms with Gasteiger partial charge in [-0.3, -0.25) is 9.69 Å². The summed E-state index contributed by atoms with van der Waals surface area (Å²) in [6.07, 6.45) is 0.419. The number of benzene rings is 2. The lowest BCUT2D eigenvalue weighted by Crippen LogP contribution is -2.47. The van der Waals surface area contributed by atoms with Crippen LogP contribution in [-0.2, 0) is 16.6 Å². The molecule has 2 atom stereocenters. The zero-order chi connectivity index (χ0) is 24.6. The van der Waals surface area contributed by atoms with Crippen LogP contribution in [0.1, 0.15) is 46.7 Å². The molecule has 1 heterocycles. The first kappa shape index (κ1) is 24.8. The van der Waals surface area contributed by atoms with Crippen LogP contribution in [0.3, 0.4) is 0 Å². The highest BCUT2D eigenvalue weighted by Gasteiger charge is 2.35. The average molecular weight is 517 g/mol. The van der Waals surface area contributed by atoms with Crippen molar-refractivity contribution in [1.29, 1.82) is 0 Å². The number of ether oxygens (including phenoxy) is 1. The van der Waals surface area contributed by atoms with Gasteiger partial charge in [0.15, 0.2) is 0 Å². The van der Waals surface area contributed by atoms with Gasteiger partial charge in [0, 0.05) is 30.7 Å². The molecular weight excluding hydrogens is 493 g/mol. The fraction of sp³-hybridized carbons (Fsp3) is 0.435. The number of hydrogen-bond donors (Lipinski definition) is 1. The Morgan fingerprint density at radius 2 is 1.94 bits per heavy atom. The Morgan fingerprint density at radius 1 is 1.21 bits per heavy atom. The highest BCUT2D eigenvalue weighted by atomic mass is 35.5. The summed E-state index contributed by atoms with van der Waals surface area (Å²) in [5, 5.41) is 0.279. The van der Waals surface area contributed by atoms with E-state index in [-0.39, 0.29) is 29.7 Å². The third-order valence-electron chi connectivity index (χ3n) is 5.89. The second-order valence-corrected chi connectivity index (χ2v) is 10.9. The number of sulfonamides is 1. The quantitative estimate of drug-likeness (QED) is 0.597. The molecule has 2 aromatic rings. The fourth-order valence-electron chi connectivity index (χ4n) is 4.05. The number of carbonyl (C=O) groups is 1. The summed E-state index contributed by atoms with van der Waals surface area (Å²) in [7, 11) is -3.87. The minimum atomic E-state index is -3.87. The monoisotopic (exact) mass is 516 g/mol. The van der Waals surface area contributed by atoms with Gasteiger partial charge in [-0.1, -0.05) is 17.7 Å². The summed E-state index contributed by atoms with van der Waals surface area (Å²) in [4.78, 5) is 14.2. The van der Waals surface area contributed by atoms with Crippen molar-refractivity contribution in [1.82, 2.24) is 9.62 Å². The van der Waals surface area contributed by atoms with E-state index in [0.717, 1.165) is 25.2 Å². The van der Waals surface area contributed by atoms with E-state index in [1.165, 1.54) is 18.2 Å². The minimum Gasteiger partial charge on any atom is -0.486 e. The van der Waals surface area contributed by atoms with Crippen molar-refractivity contribution in [3.63, 3.8) is 0 Å². The maximum atomic E-state index is 14.8. The lowest BCUT2D eigenvalue weighted by Gasteiger charge is -2.35. The lowest BCUT2D eigenvalue weighted by atomic mass is 10.0. The number of nitrogens with zero attached hydrogens (tertiary/aromatic N) is 1. The summed E-state index contributed by atoms with van der Waals surface area (Å²) in [6, 6.07) is 6.42. The van der Waals surface area contributed by atoms with Gasteiger partial charge in [0.25, 0.3) is 5.91 Å². The number of nitrogens with one attached hydrogen (secondary N) is 1. The van der Waals surface area contributed by atoms with Gasteiger partial charge in [-0.15, -0.1) is 0 Å². The maximum Gasteiger partial charge on any atom is 0.267 e. The number of amides is 1. The molecule has 1 aliphatic carbocycles. The molecule has 2 fully saturated rings. The van der Waals surface area contributed by atoms with Gasteiger partial charge in [-0.25, -0.2) is 26.3 Å². The van der Waals surface area contributed by atoms with Crippen LogP contribution in [0.25, 0.3) is 0 Å². The van der Waals surface area contributed by atoms with E-state index in [1.807, 2.05) is 4.90 Å². The Balaban J connectivity index is 1.53. The van der Waals surface area contributed by atoms with E-state index >= 15 is 0 Å². The summed E-state index contributed by atoms with van der Waals surface area (Å²) in [5.74, 6) is -2.30. The summed E-state index contributed by atoms with van der Waals surface area (Å²) >= 11 is 6.12. The first-order chi connectivity index (χ1) is 16.0. The average Bonchev–Trinajstić information content (AvgIpc) is 3.56. The van der Waals surface area contributed by atoms with Crippen LogP contribution < -0.4 is 9.46 Å². The van der Waals surface area contributed by atoms with Crippen LogP contribution in [0.5, 0.6) is 5.75 Å². The Labute approximate surface area is 201 Å².